The van der Waals surface area contributed by atoms with Crippen molar-refractivity contribution in [3.05, 3.63) is 62.2 Å². The summed E-state index contributed by atoms with van der Waals surface area (Å²) in [6.45, 7) is 1.79. The Morgan fingerprint density at radius 1 is 1.41 bits per heavy atom. The van der Waals surface area contributed by atoms with Gasteiger partial charge in [0.2, 0.25) is 0 Å². The topological polar surface area (TPSA) is 60.3 Å². The highest BCUT2D eigenvalue weighted by Crippen LogP contribution is 2.19. The monoisotopic (exact) mass is 368 g/mol. The van der Waals surface area contributed by atoms with Crippen LogP contribution in [0.2, 0.25) is 0 Å². The summed E-state index contributed by atoms with van der Waals surface area (Å²) in [5, 5.41) is 0. The average Bonchev–Trinajstić information content (AvgIpc) is 2.50. The van der Waals surface area contributed by atoms with Crippen LogP contribution in [-0.2, 0) is 11.2 Å². The Labute approximate surface area is 134 Å². The fourth-order valence-electron chi connectivity index (χ4n) is 1.91. The van der Waals surface area contributed by atoms with Crippen molar-refractivity contribution in [2.45, 2.75) is 13.3 Å². The van der Waals surface area contributed by atoms with Crippen LogP contribution in [0.25, 0.3) is 0 Å². The Bertz CT molecular complexity index is 774. The minimum Gasteiger partial charge on any atom is -0.465 e. The lowest BCUT2D eigenvalue weighted by Crippen LogP contribution is -2.30. The van der Waals surface area contributed by atoms with Gasteiger partial charge in [-0.1, -0.05) is 22.9 Å². The second-order valence-corrected chi connectivity index (χ2v) is 5.43. The van der Waals surface area contributed by atoms with Crippen LogP contribution in [0, 0.1) is 5.82 Å². The molecule has 0 spiro atoms. The standard InChI is InChI=1S/C15H14BrFN2O3/c1-3-9-6-10(15(21)22-2)8-19(14(9)20)18-13-5-4-11(16)7-12(13)17/h4-8,18H,3H2,1-2H3. The first kappa shape index (κ1) is 16.2. The molecule has 1 aromatic heterocycles. The fraction of sp³-hybridized carbons (Fsp3) is 0.200. The summed E-state index contributed by atoms with van der Waals surface area (Å²) in [4.78, 5) is 23.9. The molecule has 0 aliphatic rings. The zero-order valence-corrected chi connectivity index (χ0v) is 13.6. The van der Waals surface area contributed by atoms with Gasteiger partial charge >= 0.3 is 5.97 Å². The van der Waals surface area contributed by atoms with Crippen molar-refractivity contribution in [1.82, 2.24) is 4.68 Å². The Kier molecular flexibility index (Phi) is 4.97. The van der Waals surface area contributed by atoms with Crippen LogP contribution in [0.4, 0.5) is 10.1 Å². The summed E-state index contributed by atoms with van der Waals surface area (Å²) >= 11 is 3.16. The molecule has 1 N–H and O–H groups in total. The second-order valence-electron chi connectivity index (χ2n) is 4.51. The molecule has 5 nitrogen and oxygen atoms in total. The van der Waals surface area contributed by atoms with Crippen LogP contribution >= 0.6 is 15.9 Å². The van der Waals surface area contributed by atoms with Crippen molar-refractivity contribution in [1.29, 1.82) is 0 Å². The molecule has 0 bridgehead atoms. The van der Waals surface area contributed by atoms with Crippen molar-refractivity contribution in [3.8, 4) is 0 Å². The fourth-order valence-corrected chi connectivity index (χ4v) is 2.25. The molecule has 1 aromatic carbocycles. The predicted molar refractivity (Wildman–Crippen MR) is 84.5 cm³/mol. The highest BCUT2D eigenvalue weighted by molar-refractivity contribution is 9.10. The quantitative estimate of drug-likeness (QED) is 0.842. The summed E-state index contributed by atoms with van der Waals surface area (Å²) in [5.41, 5.74) is 3.07. The first-order valence-corrected chi connectivity index (χ1v) is 7.31. The third kappa shape index (κ3) is 3.36. The predicted octanol–water partition coefficient (Wildman–Crippen LogP) is 2.97. The van der Waals surface area contributed by atoms with Crippen molar-refractivity contribution in [2.75, 3.05) is 12.5 Å². The minimum absolute atomic E-state index is 0.120. The molecule has 0 amide bonds. The van der Waals surface area contributed by atoms with E-state index in [2.05, 4.69) is 26.1 Å². The Morgan fingerprint density at radius 3 is 2.73 bits per heavy atom. The van der Waals surface area contributed by atoms with E-state index in [0.717, 1.165) is 4.68 Å². The number of aryl methyl sites for hydroxylation is 1. The molecular formula is C15H14BrFN2O3. The molecule has 0 aliphatic heterocycles. The van der Waals surface area contributed by atoms with Crippen molar-refractivity contribution in [3.63, 3.8) is 0 Å². The van der Waals surface area contributed by atoms with Gasteiger partial charge in [-0.2, -0.15) is 0 Å². The number of carbonyl (C=O) groups is 1. The van der Waals surface area contributed by atoms with Crippen molar-refractivity contribution >= 4 is 27.6 Å². The molecule has 2 rings (SSSR count). The number of methoxy groups -OCH3 is 1. The van der Waals surface area contributed by atoms with E-state index in [1.54, 1.807) is 13.0 Å². The molecular weight excluding hydrogens is 355 g/mol. The first-order valence-electron chi connectivity index (χ1n) is 6.52. The maximum absolute atomic E-state index is 13.9. The third-order valence-electron chi connectivity index (χ3n) is 3.07. The molecule has 7 heteroatoms. The smallest absolute Gasteiger partial charge is 0.339 e. The van der Waals surface area contributed by atoms with Gasteiger partial charge in [0.15, 0.2) is 0 Å². The van der Waals surface area contributed by atoms with Gasteiger partial charge in [-0.15, -0.1) is 0 Å². The van der Waals surface area contributed by atoms with Gasteiger partial charge < -0.3 is 4.74 Å². The van der Waals surface area contributed by atoms with E-state index >= 15 is 0 Å². The lowest BCUT2D eigenvalue weighted by atomic mass is 10.1. The Morgan fingerprint density at radius 2 is 2.14 bits per heavy atom. The maximum Gasteiger partial charge on any atom is 0.339 e. The summed E-state index contributed by atoms with van der Waals surface area (Å²) in [6, 6.07) is 5.88. The van der Waals surface area contributed by atoms with E-state index in [0.29, 0.717) is 16.5 Å². The van der Waals surface area contributed by atoms with Crippen LogP contribution < -0.4 is 11.0 Å². The van der Waals surface area contributed by atoms with Gasteiger partial charge in [0.1, 0.15) is 5.82 Å². The molecule has 1 heterocycles. The second kappa shape index (κ2) is 6.74. The minimum atomic E-state index is -0.568. The van der Waals surface area contributed by atoms with Gasteiger partial charge in [-0.05, 0) is 30.7 Å². The number of nitrogens with one attached hydrogen (secondary N) is 1. The number of benzene rings is 1. The highest BCUT2D eigenvalue weighted by Gasteiger charge is 2.13. The number of esters is 1. The van der Waals surface area contributed by atoms with Gasteiger partial charge in [0.25, 0.3) is 5.56 Å². The maximum atomic E-state index is 13.9. The molecule has 0 aliphatic carbocycles. The SMILES string of the molecule is CCc1cc(C(=O)OC)cn(Nc2ccc(Br)cc2F)c1=O. The lowest BCUT2D eigenvalue weighted by Gasteiger charge is -2.13. The van der Waals surface area contributed by atoms with Crippen molar-refractivity contribution < 1.29 is 13.9 Å². The number of carbonyl (C=O) groups excluding carboxylic acids is 1. The largest absolute Gasteiger partial charge is 0.465 e. The van der Waals surface area contributed by atoms with E-state index in [1.165, 1.54) is 31.5 Å². The summed E-state index contributed by atoms with van der Waals surface area (Å²) in [7, 11) is 1.26. The molecule has 116 valence electrons. The molecule has 0 saturated heterocycles. The number of aromatic nitrogens is 1. The number of halogens is 2. The summed E-state index contributed by atoms with van der Waals surface area (Å²) in [5.74, 6) is -1.09. The number of rotatable bonds is 4. The molecule has 0 fully saturated rings. The molecule has 22 heavy (non-hydrogen) atoms. The number of nitrogens with zero attached hydrogens (tertiary/aromatic N) is 1. The number of hydrogen-bond donors (Lipinski definition) is 1. The van der Waals surface area contributed by atoms with Gasteiger partial charge in [-0.3, -0.25) is 10.2 Å². The normalized spacial score (nSPS) is 10.4. The first-order chi connectivity index (χ1) is 10.5. The highest BCUT2D eigenvalue weighted by atomic mass is 79.9. The molecule has 2 aromatic rings. The van der Waals surface area contributed by atoms with Crippen molar-refractivity contribution in [2.24, 2.45) is 0 Å². The number of pyridine rings is 1. The Balaban J connectivity index is 2.49. The van der Waals surface area contributed by atoms with Gasteiger partial charge in [0.05, 0.1) is 18.4 Å². The van der Waals surface area contributed by atoms with E-state index in [-0.39, 0.29) is 16.8 Å². The van der Waals surface area contributed by atoms with Gasteiger partial charge in [-0.25, -0.2) is 13.9 Å². The number of ether oxygens (including phenoxy) is 1. The zero-order chi connectivity index (χ0) is 16.3. The van der Waals surface area contributed by atoms with Crippen LogP contribution in [0.1, 0.15) is 22.8 Å². The van der Waals surface area contributed by atoms with Gasteiger partial charge in [0, 0.05) is 16.2 Å². The number of anilines is 1. The lowest BCUT2D eigenvalue weighted by molar-refractivity contribution is 0.0599. The molecule has 0 unspecified atom stereocenters. The van der Waals surface area contributed by atoms with Crippen LogP contribution in [0.5, 0.6) is 0 Å². The number of hydrogen-bond acceptors (Lipinski definition) is 4. The van der Waals surface area contributed by atoms with E-state index in [1.807, 2.05) is 0 Å². The summed E-state index contributed by atoms with van der Waals surface area (Å²) < 4.78 is 20.2. The zero-order valence-electron chi connectivity index (χ0n) is 12.0. The van der Waals surface area contributed by atoms with Crippen LogP contribution in [0.3, 0.4) is 0 Å². The van der Waals surface area contributed by atoms with Crippen LogP contribution in [0.15, 0.2) is 39.7 Å². The van der Waals surface area contributed by atoms with Crippen LogP contribution in [-0.4, -0.2) is 17.8 Å². The average molecular weight is 369 g/mol. The molecule has 0 atom stereocenters. The Hall–Kier alpha value is -2.15. The molecule has 0 radical (unpaired) electrons. The molecule has 0 saturated carbocycles. The van der Waals surface area contributed by atoms with E-state index in [4.69, 9.17) is 0 Å². The van der Waals surface area contributed by atoms with E-state index in [9.17, 15) is 14.0 Å². The third-order valence-corrected chi connectivity index (χ3v) is 3.56. The summed E-state index contributed by atoms with van der Waals surface area (Å²) in [6.07, 6.45) is 1.73. The van der Waals surface area contributed by atoms with E-state index < -0.39 is 11.8 Å².